The maximum absolute atomic E-state index is 12.1. The molecular formula is C17H17ClOS. The molecule has 0 saturated carbocycles. The lowest BCUT2D eigenvalue weighted by Crippen LogP contribution is -2.08. The van der Waals surface area contributed by atoms with Crippen molar-refractivity contribution in [3.63, 3.8) is 0 Å². The highest BCUT2D eigenvalue weighted by Gasteiger charge is 2.10. The number of thioether (sulfide) groups is 1. The summed E-state index contributed by atoms with van der Waals surface area (Å²) in [7, 11) is 0. The van der Waals surface area contributed by atoms with Crippen molar-refractivity contribution in [1.29, 1.82) is 0 Å². The summed E-state index contributed by atoms with van der Waals surface area (Å²) in [6, 6.07) is 13.7. The minimum Gasteiger partial charge on any atom is -0.298 e. The van der Waals surface area contributed by atoms with Gasteiger partial charge >= 0.3 is 0 Å². The Balaban J connectivity index is 1.98. The lowest BCUT2D eigenvalue weighted by molar-refractivity contribution is -0.116. The van der Waals surface area contributed by atoms with Crippen LogP contribution >= 0.6 is 23.4 Å². The number of carbonyl (C=O) groups is 1. The zero-order valence-electron chi connectivity index (χ0n) is 11.7. The van der Waals surface area contributed by atoms with E-state index in [1.54, 1.807) is 0 Å². The van der Waals surface area contributed by atoms with Gasteiger partial charge in [-0.05, 0) is 42.7 Å². The number of ketones is 1. The second kappa shape index (κ2) is 6.96. The number of carbonyl (C=O) groups excluding carboxylic acids is 1. The van der Waals surface area contributed by atoms with Crippen LogP contribution in [-0.2, 0) is 11.2 Å². The van der Waals surface area contributed by atoms with Gasteiger partial charge in [-0.3, -0.25) is 4.79 Å². The van der Waals surface area contributed by atoms with Crippen LogP contribution in [0.5, 0.6) is 0 Å². The number of Topliss-reactive ketones (excluding diaryl/α,β-unsaturated/α-hetero) is 1. The van der Waals surface area contributed by atoms with Gasteiger partial charge in [0.05, 0.1) is 10.8 Å². The fourth-order valence-corrected chi connectivity index (χ4v) is 3.19. The third-order valence-electron chi connectivity index (χ3n) is 3.24. The summed E-state index contributed by atoms with van der Waals surface area (Å²) in [5.41, 5.74) is 3.51. The molecule has 0 radical (unpaired) electrons. The van der Waals surface area contributed by atoms with E-state index in [0.717, 1.165) is 10.5 Å². The van der Waals surface area contributed by atoms with Crippen LogP contribution in [0, 0.1) is 13.8 Å². The molecule has 2 rings (SSSR count). The Morgan fingerprint density at radius 2 is 1.70 bits per heavy atom. The summed E-state index contributed by atoms with van der Waals surface area (Å²) in [5.74, 6) is 0.685. The maximum atomic E-state index is 12.1. The molecule has 0 unspecified atom stereocenters. The second-order valence-corrected chi connectivity index (χ2v) is 6.23. The number of hydrogen-bond donors (Lipinski definition) is 0. The van der Waals surface area contributed by atoms with Gasteiger partial charge in [-0.25, -0.2) is 0 Å². The van der Waals surface area contributed by atoms with Gasteiger partial charge in [-0.15, -0.1) is 11.8 Å². The molecule has 0 amide bonds. The maximum Gasteiger partial charge on any atom is 0.147 e. The molecule has 0 N–H and O–H groups in total. The molecule has 0 aromatic heterocycles. The van der Waals surface area contributed by atoms with Crippen molar-refractivity contribution in [3.05, 3.63) is 64.2 Å². The van der Waals surface area contributed by atoms with Gasteiger partial charge in [-0.1, -0.05) is 41.9 Å². The molecule has 1 nitrogen and oxygen atoms in total. The molecule has 0 saturated heterocycles. The van der Waals surface area contributed by atoms with Crippen molar-refractivity contribution in [2.45, 2.75) is 25.2 Å². The van der Waals surface area contributed by atoms with Gasteiger partial charge in [0, 0.05) is 11.3 Å². The third kappa shape index (κ3) is 3.87. The largest absolute Gasteiger partial charge is 0.298 e. The fraction of sp³-hybridized carbons (Fsp3) is 0.235. The van der Waals surface area contributed by atoms with E-state index in [1.807, 2.05) is 30.3 Å². The molecule has 2 aromatic rings. The predicted octanol–water partition coefficient (Wildman–Crippen LogP) is 4.86. The van der Waals surface area contributed by atoms with E-state index in [4.69, 9.17) is 11.6 Å². The molecule has 0 bridgehead atoms. The van der Waals surface area contributed by atoms with E-state index in [2.05, 4.69) is 26.0 Å². The van der Waals surface area contributed by atoms with Crippen molar-refractivity contribution in [2.24, 2.45) is 0 Å². The van der Waals surface area contributed by atoms with E-state index in [9.17, 15) is 4.79 Å². The monoisotopic (exact) mass is 304 g/mol. The molecule has 0 aliphatic carbocycles. The zero-order valence-corrected chi connectivity index (χ0v) is 13.2. The van der Waals surface area contributed by atoms with Crippen molar-refractivity contribution in [3.8, 4) is 0 Å². The third-order valence-corrected chi connectivity index (χ3v) is 4.82. The van der Waals surface area contributed by atoms with Crippen LogP contribution in [0.4, 0.5) is 0 Å². The first kappa shape index (κ1) is 15.1. The summed E-state index contributed by atoms with van der Waals surface area (Å²) >= 11 is 7.59. The average molecular weight is 305 g/mol. The van der Waals surface area contributed by atoms with Gasteiger partial charge in [-0.2, -0.15) is 0 Å². The lowest BCUT2D eigenvalue weighted by atomic mass is 9.99. The summed E-state index contributed by atoms with van der Waals surface area (Å²) in [6.45, 7) is 4.10. The molecule has 3 heteroatoms. The number of rotatable bonds is 5. The van der Waals surface area contributed by atoms with Gasteiger partial charge in [0.1, 0.15) is 5.78 Å². The topological polar surface area (TPSA) is 17.1 Å². The summed E-state index contributed by atoms with van der Waals surface area (Å²) in [4.78, 5) is 13.1. The molecule has 20 heavy (non-hydrogen) atoms. The highest BCUT2D eigenvalue weighted by molar-refractivity contribution is 8.00. The van der Waals surface area contributed by atoms with Crippen LogP contribution in [0.1, 0.15) is 16.7 Å². The Hall–Kier alpha value is -1.25. The lowest BCUT2D eigenvalue weighted by Gasteiger charge is -2.09. The Morgan fingerprint density at radius 1 is 1.05 bits per heavy atom. The molecule has 0 aliphatic heterocycles. The van der Waals surface area contributed by atoms with E-state index in [-0.39, 0.29) is 5.78 Å². The Bertz CT molecular complexity index is 602. The number of aryl methyl sites for hydroxylation is 2. The normalized spacial score (nSPS) is 10.6. The number of benzene rings is 2. The Labute approximate surface area is 129 Å². The molecule has 0 fully saturated rings. The van der Waals surface area contributed by atoms with Crippen molar-refractivity contribution in [2.75, 3.05) is 5.75 Å². The number of halogens is 1. The summed E-state index contributed by atoms with van der Waals surface area (Å²) in [6.07, 6.45) is 0.496. The molecule has 0 spiro atoms. The molecule has 0 heterocycles. The van der Waals surface area contributed by atoms with Gasteiger partial charge in [0.15, 0.2) is 0 Å². The van der Waals surface area contributed by atoms with Crippen LogP contribution in [0.15, 0.2) is 47.4 Å². The van der Waals surface area contributed by atoms with E-state index >= 15 is 0 Å². The minimum absolute atomic E-state index is 0.229. The van der Waals surface area contributed by atoms with Gasteiger partial charge in [0.25, 0.3) is 0 Å². The van der Waals surface area contributed by atoms with Gasteiger partial charge < -0.3 is 0 Å². The molecule has 104 valence electrons. The molecule has 0 atom stereocenters. The zero-order chi connectivity index (χ0) is 14.5. The van der Waals surface area contributed by atoms with E-state index in [1.165, 1.54) is 22.9 Å². The second-order valence-electron chi connectivity index (χ2n) is 4.80. The van der Waals surface area contributed by atoms with Crippen molar-refractivity contribution in [1.82, 2.24) is 0 Å². The summed E-state index contributed by atoms with van der Waals surface area (Å²) < 4.78 is 0. The Morgan fingerprint density at radius 3 is 2.35 bits per heavy atom. The first-order valence-corrected chi connectivity index (χ1v) is 7.88. The van der Waals surface area contributed by atoms with Crippen LogP contribution in [0.3, 0.4) is 0 Å². The molecule has 0 aliphatic rings. The van der Waals surface area contributed by atoms with Crippen molar-refractivity contribution < 1.29 is 4.79 Å². The minimum atomic E-state index is 0.229. The predicted molar refractivity (Wildman–Crippen MR) is 86.8 cm³/mol. The number of hydrogen-bond acceptors (Lipinski definition) is 2. The van der Waals surface area contributed by atoms with Gasteiger partial charge in [0.2, 0.25) is 0 Å². The highest BCUT2D eigenvalue weighted by atomic mass is 35.5. The first-order chi connectivity index (χ1) is 9.58. The van der Waals surface area contributed by atoms with Crippen LogP contribution in [0.2, 0.25) is 5.02 Å². The van der Waals surface area contributed by atoms with E-state index < -0.39 is 0 Å². The van der Waals surface area contributed by atoms with Crippen LogP contribution in [0.25, 0.3) is 0 Å². The molecular weight excluding hydrogens is 288 g/mol. The quantitative estimate of drug-likeness (QED) is 0.734. The molecule has 2 aromatic carbocycles. The smallest absolute Gasteiger partial charge is 0.147 e. The summed E-state index contributed by atoms with van der Waals surface area (Å²) in [5, 5.41) is 0.706. The highest BCUT2D eigenvalue weighted by Crippen LogP contribution is 2.27. The average Bonchev–Trinajstić information content (AvgIpc) is 2.42. The van der Waals surface area contributed by atoms with E-state index in [0.29, 0.717) is 17.2 Å². The van der Waals surface area contributed by atoms with Crippen molar-refractivity contribution >= 4 is 29.1 Å². The SMILES string of the molecule is Cc1cccc(C)c1CC(=O)CSc1ccccc1Cl. The fourth-order valence-electron chi connectivity index (χ4n) is 2.10. The first-order valence-electron chi connectivity index (χ1n) is 6.52. The Kier molecular flexibility index (Phi) is 5.27. The van der Waals surface area contributed by atoms with Crippen LogP contribution < -0.4 is 0 Å². The van der Waals surface area contributed by atoms with Crippen LogP contribution in [-0.4, -0.2) is 11.5 Å². The standard InChI is InChI=1S/C17H17ClOS/c1-12-6-5-7-13(2)15(12)10-14(19)11-20-17-9-4-3-8-16(17)18/h3-9H,10-11H2,1-2H3.